The average molecular weight is 254 g/mol. The lowest BCUT2D eigenvalue weighted by molar-refractivity contribution is 0.0503. The Balaban J connectivity index is 1.80. The van der Waals surface area contributed by atoms with Crippen molar-refractivity contribution in [1.29, 1.82) is 0 Å². The molecule has 1 aliphatic heterocycles. The number of rotatable bonds is 1. The van der Waals surface area contributed by atoms with Gasteiger partial charge < -0.3 is 15.4 Å². The maximum absolute atomic E-state index is 11.7. The minimum absolute atomic E-state index is 0.269. The normalized spacial score (nSPS) is 32.5. The molecule has 0 aromatic carbocycles. The maximum atomic E-state index is 11.7. The van der Waals surface area contributed by atoms with Crippen molar-refractivity contribution >= 4 is 6.09 Å². The van der Waals surface area contributed by atoms with E-state index >= 15 is 0 Å². The molecule has 104 valence electrons. The molecule has 2 unspecified atom stereocenters. The lowest BCUT2D eigenvalue weighted by Crippen LogP contribution is -2.48. The minimum Gasteiger partial charge on any atom is -0.444 e. The maximum Gasteiger partial charge on any atom is 0.407 e. The molecule has 18 heavy (non-hydrogen) atoms. The summed E-state index contributed by atoms with van der Waals surface area (Å²) in [6.45, 7) is 6.81. The summed E-state index contributed by atoms with van der Waals surface area (Å²) >= 11 is 0. The molecule has 2 aliphatic rings. The zero-order valence-corrected chi connectivity index (χ0v) is 11.8. The number of hydrogen-bond donors (Lipinski definition) is 2. The Morgan fingerprint density at radius 3 is 2.72 bits per heavy atom. The number of nitrogens with one attached hydrogen (secondary N) is 2. The second-order valence-corrected chi connectivity index (χ2v) is 6.75. The third kappa shape index (κ3) is 3.61. The first-order valence-corrected chi connectivity index (χ1v) is 7.13. The molecule has 2 rings (SSSR count). The fraction of sp³-hybridized carbons (Fsp3) is 0.929. The summed E-state index contributed by atoms with van der Waals surface area (Å²) in [7, 11) is 0. The summed E-state index contributed by atoms with van der Waals surface area (Å²) in [4.78, 5) is 11.7. The highest BCUT2D eigenvalue weighted by atomic mass is 16.6. The molecular weight excluding hydrogens is 228 g/mol. The summed E-state index contributed by atoms with van der Waals surface area (Å²) in [6, 6.07) is 0.269. The molecule has 1 heterocycles. The molecule has 0 bridgehead atoms. The van der Waals surface area contributed by atoms with Gasteiger partial charge in [-0.05, 0) is 59.4 Å². The van der Waals surface area contributed by atoms with Gasteiger partial charge in [0.15, 0.2) is 0 Å². The second kappa shape index (κ2) is 5.08. The Morgan fingerprint density at radius 2 is 2.11 bits per heavy atom. The lowest BCUT2D eigenvalue weighted by Gasteiger charge is -2.35. The standard InChI is InChI=1S/C14H26N2O2/c1-13(2,3)18-12(17)16-11-6-8-14(10-11)7-4-5-9-15-14/h11,15H,4-10H2,1-3H3,(H,16,17). The van der Waals surface area contributed by atoms with Gasteiger partial charge in [0.25, 0.3) is 0 Å². The van der Waals surface area contributed by atoms with E-state index in [2.05, 4.69) is 10.6 Å². The van der Waals surface area contributed by atoms with Gasteiger partial charge in [-0.15, -0.1) is 0 Å². The largest absolute Gasteiger partial charge is 0.444 e. The summed E-state index contributed by atoms with van der Waals surface area (Å²) < 4.78 is 5.30. The van der Waals surface area contributed by atoms with Crippen molar-refractivity contribution in [3.63, 3.8) is 0 Å². The number of amides is 1. The predicted molar refractivity (Wildman–Crippen MR) is 71.6 cm³/mol. The fourth-order valence-corrected chi connectivity index (χ4v) is 3.14. The molecule has 4 heteroatoms. The highest BCUT2D eigenvalue weighted by Crippen LogP contribution is 2.36. The van der Waals surface area contributed by atoms with E-state index in [1.807, 2.05) is 20.8 Å². The summed E-state index contributed by atoms with van der Waals surface area (Å²) in [6.07, 6.45) is 6.85. The zero-order valence-electron chi connectivity index (χ0n) is 11.8. The molecule has 0 radical (unpaired) electrons. The van der Waals surface area contributed by atoms with Crippen molar-refractivity contribution < 1.29 is 9.53 Å². The molecule has 1 saturated heterocycles. The molecule has 1 spiro atoms. The van der Waals surface area contributed by atoms with Crippen LogP contribution in [0.5, 0.6) is 0 Å². The molecule has 2 atom stereocenters. The van der Waals surface area contributed by atoms with Crippen LogP contribution in [0.1, 0.15) is 59.3 Å². The molecule has 1 amide bonds. The zero-order chi connectivity index (χ0) is 13.2. The average Bonchev–Trinajstić information content (AvgIpc) is 2.59. The molecular formula is C14H26N2O2. The van der Waals surface area contributed by atoms with Gasteiger partial charge in [0, 0.05) is 11.6 Å². The van der Waals surface area contributed by atoms with E-state index < -0.39 is 5.60 Å². The van der Waals surface area contributed by atoms with E-state index in [9.17, 15) is 4.79 Å². The van der Waals surface area contributed by atoms with Crippen molar-refractivity contribution in [2.75, 3.05) is 6.54 Å². The van der Waals surface area contributed by atoms with Crippen molar-refractivity contribution in [3.05, 3.63) is 0 Å². The number of hydrogen-bond acceptors (Lipinski definition) is 3. The van der Waals surface area contributed by atoms with Crippen molar-refractivity contribution in [1.82, 2.24) is 10.6 Å². The molecule has 2 N–H and O–H groups in total. The molecule has 0 aromatic rings. The molecule has 2 fully saturated rings. The Bertz CT molecular complexity index is 303. The summed E-state index contributed by atoms with van der Waals surface area (Å²) in [5.74, 6) is 0. The van der Waals surface area contributed by atoms with Crippen LogP contribution < -0.4 is 10.6 Å². The van der Waals surface area contributed by atoms with E-state index in [4.69, 9.17) is 4.74 Å². The van der Waals surface area contributed by atoms with Crippen LogP contribution in [0.25, 0.3) is 0 Å². The van der Waals surface area contributed by atoms with E-state index in [-0.39, 0.29) is 17.7 Å². The first-order chi connectivity index (χ1) is 8.39. The highest BCUT2D eigenvalue weighted by molar-refractivity contribution is 5.68. The van der Waals surface area contributed by atoms with Crippen LogP contribution >= 0.6 is 0 Å². The summed E-state index contributed by atoms with van der Waals surface area (Å²) in [5.41, 5.74) is -0.124. The van der Waals surface area contributed by atoms with Gasteiger partial charge >= 0.3 is 6.09 Å². The van der Waals surface area contributed by atoms with Crippen LogP contribution in [0.15, 0.2) is 0 Å². The number of alkyl carbamates (subject to hydrolysis) is 1. The van der Waals surface area contributed by atoms with Gasteiger partial charge in [-0.25, -0.2) is 4.79 Å². The smallest absolute Gasteiger partial charge is 0.407 e. The molecule has 4 nitrogen and oxygen atoms in total. The van der Waals surface area contributed by atoms with Crippen LogP contribution in [-0.2, 0) is 4.74 Å². The summed E-state index contributed by atoms with van der Waals surface area (Å²) in [5, 5.41) is 6.66. The Labute approximate surface area is 110 Å². The fourth-order valence-electron chi connectivity index (χ4n) is 3.14. The van der Waals surface area contributed by atoms with Crippen molar-refractivity contribution in [2.45, 2.75) is 76.5 Å². The number of carbonyl (C=O) groups is 1. The Kier molecular flexibility index (Phi) is 3.85. The lowest BCUT2D eigenvalue weighted by atomic mass is 9.87. The number of piperidine rings is 1. The monoisotopic (exact) mass is 254 g/mol. The minimum atomic E-state index is -0.413. The van der Waals surface area contributed by atoms with Crippen LogP contribution in [0.2, 0.25) is 0 Å². The quantitative estimate of drug-likeness (QED) is 0.756. The third-order valence-electron chi connectivity index (χ3n) is 3.91. The highest BCUT2D eigenvalue weighted by Gasteiger charge is 2.40. The number of carbonyl (C=O) groups excluding carboxylic acids is 1. The van der Waals surface area contributed by atoms with Gasteiger partial charge in [0.05, 0.1) is 0 Å². The van der Waals surface area contributed by atoms with Gasteiger partial charge in [0.1, 0.15) is 5.60 Å². The van der Waals surface area contributed by atoms with Gasteiger partial charge in [-0.1, -0.05) is 6.42 Å². The Hall–Kier alpha value is -0.770. The van der Waals surface area contributed by atoms with Gasteiger partial charge in [0.2, 0.25) is 0 Å². The first kappa shape index (κ1) is 13.7. The van der Waals surface area contributed by atoms with E-state index in [1.165, 1.54) is 25.7 Å². The Morgan fingerprint density at radius 1 is 1.33 bits per heavy atom. The van der Waals surface area contributed by atoms with Gasteiger partial charge in [-0.3, -0.25) is 0 Å². The van der Waals surface area contributed by atoms with Crippen LogP contribution in [0.4, 0.5) is 4.79 Å². The van der Waals surface area contributed by atoms with Crippen molar-refractivity contribution in [3.8, 4) is 0 Å². The van der Waals surface area contributed by atoms with Crippen LogP contribution in [0.3, 0.4) is 0 Å². The molecule has 1 aliphatic carbocycles. The first-order valence-electron chi connectivity index (χ1n) is 7.13. The predicted octanol–water partition coefficient (Wildman–Crippen LogP) is 2.58. The molecule has 1 saturated carbocycles. The van der Waals surface area contributed by atoms with Gasteiger partial charge in [-0.2, -0.15) is 0 Å². The van der Waals surface area contributed by atoms with Crippen molar-refractivity contribution in [2.24, 2.45) is 0 Å². The van der Waals surface area contributed by atoms with E-state index in [0.29, 0.717) is 0 Å². The van der Waals surface area contributed by atoms with E-state index in [0.717, 1.165) is 19.4 Å². The SMILES string of the molecule is CC(C)(C)OC(=O)NC1CCC2(CCCCN2)C1. The second-order valence-electron chi connectivity index (χ2n) is 6.75. The molecule has 0 aromatic heterocycles. The van der Waals surface area contributed by atoms with E-state index in [1.54, 1.807) is 0 Å². The number of ether oxygens (including phenoxy) is 1. The van der Waals surface area contributed by atoms with Crippen LogP contribution in [0, 0.1) is 0 Å². The third-order valence-corrected chi connectivity index (χ3v) is 3.91. The topological polar surface area (TPSA) is 50.4 Å². The van der Waals surface area contributed by atoms with Crippen LogP contribution in [-0.4, -0.2) is 29.8 Å².